The van der Waals surface area contributed by atoms with Crippen LogP contribution in [-0.2, 0) is 19.3 Å². The Hall–Kier alpha value is -1.59. The van der Waals surface area contributed by atoms with E-state index in [2.05, 4.69) is 58.4 Å². The molecular formula is C35H47Cl4F3O. The molecular weight excluding hydrogens is 635 g/mol. The van der Waals surface area contributed by atoms with Gasteiger partial charge < -0.3 is 4.74 Å². The lowest BCUT2D eigenvalue weighted by Crippen LogP contribution is -2.19. The molecule has 8 heteroatoms. The molecule has 3 rings (SSSR count). The van der Waals surface area contributed by atoms with Crippen molar-refractivity contribution in [2.24, 2.45) is 16.2 Å². The summed E-state index contributed by atoms with van der Waals surface area (Å²) < 4.78 is 40.6. The molecule has 1 nitrogen and oxygen atoms in total. The Kier molecular flexibility index (Phi) is 16.6. The van der Waals surface area contributed by atoms with Gasteiger partial charge in [-0.3, -0.25) is 0 Å². The van der Waals surface area contributed by atoms with Gasteiger partial charge in [0.25, 0.3) is 0 Å². The molecule has 0 unspecified atom stereocenters. The van der Waals surface area contributed by atoms with E-state index in [0.717, 1.165) is 22.9 Å². The summed E-state index contributed by atoms with van der Waals surface area (Å²) >= 11 is 23.3. The van der Waals surface area contributed by atoms with Crippen LogP contribution in [0.15, 0.2) is 60.7 Å². The quantitative estimate of drug-likeness (QED) is 0.266. The van der Waals surface area contributed by atoms with Crippen molar-refractivity contribution in [3.63, 3.8) is 0 Å². The second-order valence-electron chi connectivity index (χ2n) is 13.9. The summed E-state index contributed by atoms with van der Waals surface area (Å²) in [6.07, 6.45) is -2.14. The van der Waals surface area contributed by atoms with Crippen molar-refractivity contribution in [3.05, 3.63) is 97.4 Å². The maximum Gasteiger partial charge on any atom is 0.573 e. The fourth-order valence-corrected chi connectivity index (χ4v) is 4.68. The third-order valence-electron chi connectivity index (χ3n) is 5.36. The second kappa shape index (κ2) is 17.2. The fraction of sp³-hybridized carbons (Fsp3) is 0.486. The van der Waals surface area contributed by atoms with E-state index in [1.807, 2.05) is 45.0 Å². The molecule has 0 N–H and O–H groups in total. The molecule has 0 aliphatic rings. The van der Waals surface area contributed by atoms with Crippen molar-refractivity contribution in [1.82, 2.24) is 0 Å². The summed E-state index contributed by atoms with van der Waals surface area (Å²) in [4.78, 5) is 0. The molecule has 0 amide bonds. The second-order valence-corrected chi connectivity index (χ2v) is 15.6. The fourth-order valence-electron chi connectivity index (χ4n) is 3.92. The minimum absolute atomic E-state index is 0. The summed E-state index contributed by atoms with van der Waals surface area (Å²) in [5.41, 5.74) is 3.51. The molecule has 0 saturated carbocycles. The van der Waals surface area contributed by atoms with Gasteiger partial charge in [0.2, 0.25) is 0 Å². The maximum absolute atomic E-state index is 12.2. The molecule has 3 aromatic rings. The van der Waals surface area contributed by atoms with Crippen molar-refractivity contribution in [2.75, 3.05) is 0 Å². The van der Waals surface area contributed by atoms with Crippen molar-refractivity contribution < 1.29 is 17.9 Å². The number of hydrogen-bond acceptors (Lipinski definition) is 1. The molecule has 43 heavy (non-hydrogen) atoms. The standard InChI is InChI=1S/C12H14ClF3O.C11H14Cl2.C11H15Cl.CH4/c1-11(2,3)7-8-4-5-9(13)6-10(8)17-12(14,15)16;1-11(2,3)7-8-4-5-9(12)6-10(8)13;1-11(2,3)8-9-4-6-10(12)7-5-9;/h4-6H,7H2,1-3H3;4-6H,7H2,1-3H3;4-7H,8H2,1-3H3;1H4. The van der Waals surface area contributed by atoms with Gasteiger partial charge in [0.1, 0.15) is 5.75 Å². The van der Waals surface area contributed by atoms with Gasteiger partial charge >= 0.3 is 6.36 Å². The Morgan fingerprint density at radius 3 is 1.35 bits per heavy atom. The largest absolute Gasteiger partial charge is 0.573 e. The number of benzene rings is 3. The third-order valence-corrected chi connectivity index (χ3v) is 6.43. The Morgan fingerprint density at radius 2 is 0.930 bits per heavy atom. The number of rotatable bonds is 4. The Bertz CT molecular complexity index is 1250. The van der Waals surface area contributed by atoms with Gasteiger partial charge in [-0.25, -0.2) is 0 Å². The van der Waals surface area contributed by atoms with Gasteiger partial charge in [0, 0.05) is 20.1 Å². The summed E-state index contributed by atoms with van der Waals surface area (Å²) in [5.74, 6) is -0.222. The Labute approximate surface area is 278 Å². The zero-order valence-corrected chi connectivity index (χ0v) is 29.0. The first-order chi connectivity index (χ1) is 18.9. The monoisotopic (exact) mass is 680 g/mol. The molecule has 0 heterocycles. The lowest BCUT2D eigenvalue weighted by atomic mass is 9.88. The van der Waals surface area contributed by atoms with E-state index in [-0.39, 0.29) is 29.0 Å². The molecule has 3 aromatic carbocycles. The smallest absolute Gasteiger partial charge is 0.405 e. The minimum atomic E-state index is -4.70. The van der Waals surface area contributed by atoms with Gasteiger partial charge in [-0.1, -0.05) is 140 Å². The number of alkyl halides is 3. The van der Waals surface area contributed by atoms with Crippen LogP contribution in [0.25, 0.3) is 0 Å². The van der Waals surface area contributed by atoms with Crippen molar-refractivity contribution in [2.45, 2.75) is 95.4 Å². The minimum Gasteiger partial charge on any atom is -0.405 e. The van der Waals surface area contributed by atoms with Crippen molar-refractivity contribution in [3.8, 4) is 5.75 Å². The van der Waals surface area contributed by atoms with Crippen LogP contribution in [-0.4, -0.2) is 6.36 Å². The SMILES string of the molecule is C.CC(C)(C)Cc1ccc(Cl)cc1.CC(C)(C)Cc1ccc(Cl)cc1Cl.CC(C)(C)Cc1ccc(Cl)cc1OC(F)(F)F. The van der Waals surface area contributed by atoms with Crippen LogP contribution < -0.4 is 4.74 Å². The van der Waals surface area contributed by atoms with Crippen LogP contribution in [0.3, 0.4) is 0 Å². The zero-order valence-electron chi connectivity index (χ0n) is 25.9. The summed E-state index contributed by atoms with van der Waals surface area (Å²) in [6, 6.07) is 18.1. The molecule has 0 aliphatic heterocycles. The van der Waals surface area contributed by atoms with E-state index in [1.165, 1.54) is 17.2 Å². The first-order valence-corrected chi connectivity index (χ1v) is 15.2. The summed E-state index contributed by atoms with van der Waals surface area (Å²) in [5, 5.41) is 2.50. The molecule has 0 spiro atoms. The van der Waals surface area contributed by atoms with Gasteiger partial charge in [-0.05, 0) is 88.6 Å². The molecule has 0 radical (unpaired) electrons. The van der Waals surface area contributed by atoms with Crippen LogP contribution in [0.4, 0.5) is 13.2 Å². The predicted octanol–water partition coefficient (Wildman–Crippen LogP) is 14.0. The molecule has 0 fully saturated rings. The van der Waals surface area contributed by atoms with E-state index < -0.39 is 6.36 Å². The van der Waals surface area contributed by atoms with Gasteiger partial charge in [0.05, 0.1) is 0 Å². The maximum atomic E-state index is 12.2. The Balaban J connectivity index is 0.000000619. The van der Waals surface area contributed by atoms with Crippen LogP contribution in [0.2, 0.25) is 20.1 Å². The highest BCUT2D eigenvalue weighted by Crippen LogP contribution is 2.33. The predicted molar refractivity (Wildman–Crippen MR) is 182 cm³/mol. The molecule has 0 aromatic heterocycles. The average molecular weight is 683 g/mol. The van der Waals surface area contributed by atoms with E-state index in [1.54, 1.807) is 18.2 Å². The Morgan fingerprint density at radius 1 is 0.535 bits per heavy atom. The van der Waals surface area contributed by atoms with Crippen LogP contribution in [0.5, 0.6) is 5.75 Å². The molecule has 0 aliphatic carbocycles. The lowest BCUT2D eigenvalue weighted by molar-refractivity contribution is -0.275. The average Bonchev–Trinajstić information content (AvgIpc) is 2.77. The highest BCUT2D eigenvalue weighted by Gasteiger charge is 2.32. The van der Waals surface area contributed by atoms with E-state index >= 15 is 0 Å². The van der Waals surface area contributed by atoms with Crippen molar-refractivity contribution >= 4 is 46.4 Å². The first kappa shape index (κ1) is 41.4. The van der Waals surface area contributed by atoms with Gasteiger partial charge in [0.15, 0.2) is 0 Å². The first-order valence-electron chi connectivity index (χ1n) is 13.6. The molecule has 0 saturated heterocycles. The van der Waals surface area contributed by atoms with Gasteiger partial charge in [-0.2, -0.15) is 0 Å². The van der Waals surface area contributed by atoms with E-state index in [0.29, 0.717) is 22.4 Å². The highest BCUT2D eigenvalue weighted by atomic mass is 35.5. The lowest BCUT2D eigenvalue weighted by Gasteiger charge is -2.21. The van der Waals surface area contributed by atoms with Gasteiger partial charge in [-0.15, -0.1) is 13.2 Å². The zero-order chi connectivity index (χ0) is 32.5. The van der Waals surface area contributed by atoms with Crippen LogP contribution in [0.1, 0.15) is 86.4 Å². The summed E-state index contributed by atoms with van der Waals surface area (Å²) in [7, 11) is 0. The van der Waals surface area contributed by atoms with E-state index in [9.17, 15) is 13.2 Å². The molecule has 0 atom stereocenters. The van der Waals surface area contributed by atoms with Crippen LogP contribution in [0, 0.1) is 16.2 Å². The number of halogens is 7. The third kappa shape index (κ3) is 20.1. The topological polar surface area (TPSA) is 9.23 Å². The van der Waals surface area contributed by atoms with Crippen molar-refractivity contribution in [1.29, 1.82) is 0 Å². The normalized spacial score (nSPS) is 11.8. The molecule has 0 bridgehead atoms. The molecule has 242 valence electrons. The number of hydrogen-bond donors (Lipinski definition) is 0. The summed E-state index contributed by atoms with van der Waals surface area (Å²) in [6.45, 7) is 19.1. The van der Waals surface area contributed by atoms with E-state index in [4.69, 9.17) is 46.4 Å². The number of ether oxygens (including phenoxy) is 1. The highest BCUT2D eigenvalue weighted by molar-refractivity contribution is 6.35. The van der Waals surface area contributed by atoms with Crippen LogP contribution >= 0.6 is 46.4 Å².